The maximum Gasteiger partial charge on any atom is 0.416 e. The van der Waals surface area contributed by atoms with Crippen LogP contribution in [0.15, 0.2) is 41.1 Å². The molecule has 2 rings (SSSR count). The summed E-state index contributed by atoms with van der Waals surface area (Å²) in [6.07, 6.45) is -2.26. The number of pyridine rings is 1. The Morgan fingerprint density at radius 2 is 1.95 bits per heavy atom. The van der Waals surface area contributed by atoms with Crippen molar-refractivity contribution >= 4 is 15.9 Å². The molecule has 0 aliphatic rings. The van der Waals surface area contributed by atoms with Crippen molar-refractivity contribution in [3.63, 3.8) is 0 Å². The summed E-state index contributed by atoms with van der Waals surface area (Å²) in [4.78, 5) is 3.75. The van der Waals surface area contributed by atoms with E-state index in [2.05, 4.69) is 20.9 Å². The number of ether oxygens (including phenoxy) is 1. The van der Waals surface area contributed by atoms with Crippen LogP contribution in [0.2, 0.25) is 0 Å². The second kappa shape index (κ2) is 6.03. The number of hydrogen-bond donors (Lipinski definition) is 1. The van der Waals surface area contributed by atoms with E-state index in [4.69, 9.17) is 10.5 Å². The lowest BCUT2D eigenvalue weighted by Crippen LogP contribution is -2.19. The molecule has 0 amide bonds. The third-order valence-corrected chi connectivity index (χ3v) is 3.52. The van der Waals surface area contributed by atoms with Gasteiger partial charge in [0.2, 0.25) is 0 Å². The Bertz CT molecular complexity index is 646. The van der Waals surface area contributed by atoms with Crippen LogP contribution in [0.5, 0.6) is 5.75 Å². The highest BCUT2D eigenvalue weighted by molar-refractivity contribution is 9.10. The van der Waals surface area contributed by atoms with E-state index in [1.165, 1.54) is 7.11 Å². The summed E-state index contributed by atoms with van der Waals surface area (Å²) in [5.74, 6) is 0.411. The Hall–Kier alpha value is -1.60. The quantitative estimate of drug-likeness (QED) is 0.902. The largest absolute Gasteiger partial charge is 0.496 e. The molecule has 1 unspecified atom stereocenters. The summed E-state index contributed by atoms with van der Waals surface area (Å²) in [6, 6.07) is 4.90. The highest BCUT2D eigenvalue weighted by Crippen LogP contribution is 2.37. The predicted molar refractivity (Wildman–Crippen MR) is 76.0 cm³/mol. The fourth-order valence-electron chi connectivity index (χ4n) is 2.02. The van der Waals surface area contributed by atoms with Crippen molar-refractivity contribution in [3.8, 4) is 5.75 Å². The smallest absolute Gasteiger partial charge is 0.416 e. The summed E-state index contributed by atoms with van der Waals surface area (Å²) in [5.41, 5.74) is 5.57. The van der Waals surface area contributed by atoms with E-state index in [9.17, 15) is 13.2 Å². The lowest BCUT2D eigenvalue weighted by Gasteiger charge is -2.20. The molecule has 2 N–H and O–H groups in total. The number of aromatic nitrogens is 1. The second-order valence-electron chi connectivity index (χ2n) is 4.32. The van der Waals surface area contributed by atoms with Gasteiger partial charge in [0, 0.05) is 28.0 Å². The fraction of sp³-hybridized carbons (Fsp3) is 0.214. The standard InChI is InChI=1S/C14H12BrF3N2O/c1-21-12-6-8(15)2-3-9(12)13(19)10-7-20-5-4-11(10)14(16,17)18/h2-7,13H,19H2,1H3. The molecule has 112 valence electrons. The van der Waals surface area contributed by atoms with Crippen molar-refractivity contribution in [2.24, 2.45) is 5.73 Å². The van der Waals surface area contributed by atoms with Gasteiger partial charge in [-0.15, -0.1) is 0 Å². The third kappa shape index (κ3) is 3.36. The minimum absolute atomic E-state index is 0.0920. The lowest BCUT2D eigenvalue weighted by atomic mass is 9.96. The van der Waals surface area contributed by atoms with Crippen molar-refractivity contribution in [2.45, 2.75) is 12.2 Å². The van der Waals surface area contributed by atoms with Crippen molar-refractivity contribution < 1.29 is 17.9 Å². The maximum absolute atomic E-state index is 13.0. The molecule has 0 spiro atoms. The molecule has 0 bridgehead atoms. The van der Waals surface area contributed by atoms with Crippen LogP contribution in [0, 0.1) is 0 Å². The Labute approximate surface area is 128 Å². The summed E-state index contributed by atoms with van der Waals surface area (Å²) >= 11 is 3.28. The first-order valence-corrected chi connectivity index (χ1v) is 6.74. The number of methoxy groups -OCH3 is 1. The van der Waals surface area contributed by atoms with Gasteiger partial charge in [-0.25, -0.2) is 0 Å². The first-order valence-electron chi connectivity index (χ1n) is 5.94. The molecule has 1 aromatic carbocycles. The summed E-state index contributed by atoms with van der Waals surface area (Å²) in [5, 5.41) is 0. The molecule has 1 aromatic heterocycles. The first kappa shape index (κ1) is 15.8. The summed E-state index contributed by atoms with van der Waals surface area (Å²) in [6.45, 7) is 0. The SMILES string of the molecule is COc1cc(Br)ccc1C(N)c1cnccc1C(F)(F)F. The molecule has 21 heavy (non-hydrogen) atoms. The fourth-order valence-corrected chi connectivity index (χ4v) is 2.36. The molecular weight excluding hydrogens is 349 g/mol. The Morgan fingerprint density at radius 3 is 2.57 bits per heavy atom. The highest BCUT2D eigenvalue weighted by atomic mass is 79.9. The van der Waals surface area contributed by atoms with Gasteiger partial charge in [-0.1, -0.05) is 22.0 Å². The molecule has 0 saturated carbocycles. The topological polar surface area (TPSA) is 48.1 Å². The molecule has 0 aliphatic carbocycles. The average Bonchev–Trinajstić information content (AvgIpc) is 2.45. The normalized spacial score (nSPS) is 13.0. The zero-order valence-electron chi connectivity index (χ0n) is 11.0. The second-order valence-corrected chi connectivity index (χ2v) is 5.24. The van der Waals surface area contributed by atoms with Crippen molar-refractivity contribution in [1.29, 1.82) is 0 Å². The van der Waals surface area contributed by atoms with Crippen LogP contribution in [0.25, 0.3) is 0 Å². The van der Waals surface area contributed by atoms with E-state index in [1.807, 2.05) is 0 Å². The number of halogens is 4. The molecule has 1 heterocycles. The van der Waals surface area contributed by atoms with Gasteiger partial charge in [-0.2, -0.15) is 13.2 Å². The van der Waals surface area contributed by atoms with Gasteiger partial charge >= 0.3 is 6.18 Å². The van der Waals surface area contributed by atoms with Crippen LogP contribution in [0.4, 0.5) is 13.2 Å². The Balaban J connectivity index is 2.53. The summed E-state index contributed by atoms with van der Waals surface area (Å²) in [7, 11) is 1.44. The van der Waals surface area contributed by atoms with E-state index in [-0.39, 0.29) is 5.56 Å². The van der Waals surface area contributed by atoms with Crippen molar-refractivity contribution in [1.82, 2.24) is 4.98 Å². The van der Waals surface area contributed by atoms with Gasteiger partial charge in [-0.05, 0) is 18.2 Å². The number of nitrogens with zero attached hydrogens (tertiary/aromatic N) is 1. The molecule has 0 aliphatic heterocycles. The lowest BCUT2D eigenvalue weighted by molar-refractivity contribution is -0.138. The molecule has 0 radical (unpaired) electrons. The number of rotatable bonds is 3. The van der Waals surface area contributed by atoms with Gasteiger partial charge in [-0.3, -0.25) is 4.98 Å². The number of nitrogens with two attached hydrogens (primary N) is 1. The van der Waals surface area contributed by atoms with Gasteiger partial charge in [0.15, 0.2) is 0 Å². The predicted octanol–water partition coefficient (Wildman–Crippen LogP) is 3.92. The van der Waals surface area contributed by atoms with Crippen molar-refractivity contribution in [3.05, 3.63) is 57.8 Å². The maximum atomic E-state index is 13.0. The number of alkyl halides is 3. The van der Waals surface area contributed by atoms with E-state index in [0.717, 1.165) is 22.9 Å². The van der Waals surface area contributed by atoms with Crippen LogP contribution < -0.4 is 10.5 Å². The molecule has 2 aromatic rings. The molecule has 0 fully saturated rings. The van der Waals surface area contributed by atoms with E-state index < -0.39 is 17.8 Å². The minimum Gasteiger partial charge on any atom is -0.496 e. The zero-order valence-corrected chi connectivity index (χ0v) is 12.6. The van der Waals surface area contributed by atoms with Crippen LogP contribution in [-0.4, -0.2) is 12.1 Å². The van der Waals surface area contributed by atoms with Gasteiger partial charge < -0.3 is 10.5 Å². The molecule has 0 saturated heterocycles. The molecule has 1 atom stereocenters. The molecular formula is C14H12BrF3N2O. The Morgan fingerprint density at radius 1 is 1.24 bits per heavy atom. The van der Waals surface area contributed by atoms with Crippen LogP contribution in [-0.2, 0) is 6.18 Å². The van der Waals surface area contributed by atoms with Crippen molar-refractivity contribution in [2.75, 3.05) is 7.11 Å². The highest BCUT2D eigenvalue weighted by Gasteiger charge is 2.35. The molecule has 3 nitrogen and oxygen atoms in total. The van der Waals surface area contributed by atoms with Crippen LogP contribution in [0.3, 0.4) is 0 Å². The van der Waals surface area contributed by atoms with Crippen LogP contribution >= 0.6 is 15.9 Å². The number of benzene rings is 1. The minimum atomic E-state index is -4.49. The van der Waals surface area contributed by atoms with Gasteiger partial charge in [0.1, 0.15) is 5.75 Å². The third-order valence-electron chi connectivity index (χ3n) is 3.02. The monoisotopic (exact) mass is 360 g/mol. The Kier molecular flexibility index (Phi) is 4.53. The zero-order chi connectivity index (χ0) is 15.6. The molecule has 7 heteroatoms. The number of hydrogen-bond acceptors (Lipinski definition) is 3. The van der Waals surface area contributed by atoms with Crippen LogP contribution in [0.1, 0.15) is 22.7 Å². The van der Waals surface area contributed by atoms with Gasteiger partial charge in [0.25, 0.3) is 0 Å². The van der Waals surface area contributed by atoms with E-state index in [1.54, 1.807) is 18.2 Å². The van der Waals surface area contributed by atoms with Gasteiger partial charge in [0.05, 0.1) is 18.7 Å². The summed E-state index contributed by atoms with van der Waals surface area (Å²) < 4.78 is 45.1. The first-order chi connectivity index (χ1) is 9.84. The van der Waals surface area contributed by atoms with E-state index >= 15 is 0 Å². The van der Waals surface area contributed by atoms with E-state index in [0.29, 0.717) is 11.3 Å². The average molecular weight is 361 g/mol.